The topological polar surface area (TPSA) is 66.8 Å². The molecule has 1 aromatic heterocycles. The predicted molar refractivity (Wildman–Crippen MR) is 134 cm³/mol. The van der Waals surface area contributed by atoms with E-state index < -0.39 is 5.97 Å². The molecule has 4 aromatic rings. The molecule has 7 heteroatoms. The first-order valence-corrected chi connectivity index (χ1v) is 11.4. The van der Waals surface area contributed by atoms with Crippen molar-refractivity contribution in [2.24, 2.45) is 0 Å². The molecular weight excluding hydrogens is 498 g/mol. The number of aromatic nitrogens is 1. The first-order valence-electron chi connectivity index (χ1n) is 10.6. The van der Waals surface area contributed by atoms with Gasteiger partial charge in [-0.25, -0.2) is 4.79 Å². The van der Waals surface area contributed by atoms with E-state index in [-0.39, 0.29) is 18.9 Å². The van der Waals surface area contributed by atoms with Crippen LogP contribution in [0.25, 0.3) is 28.0 Å². The van der Waals surface area contributed by atoms with Crippen LogP contribution >= 0.6 is 15.9 Å². The fourth-order valence-corrected chi connectivity index (χ4v) is 4.47. The molecule has 3 aromatic carbocycles. The van der Waals surface area contributed by atoms with E-state index in [0.29, 0.717) is 22.6 Å². The molecule has 170 valence electrons. The normalized spacial score (nSPS) is 12.4. The van der Waals surface area contributed by atoms with Crippen LogP contribution in [0.2, 0.25) is 0 Å². The zero-order chi connectivity index (χ0) is 23.7. The van der Waals surface area contributed by atoms with Gasteiger partial charge in [-0.05, 0) is 52.9 Å². The van der Waals surface area contributed by atoms with E-state index >= 15 is 0 Å². The zero-order valence-electron chi connectivity index (χ0n) is 18.3. The Morgan fingerprint density at radius 2 is 1.82 bits per heavy atom. The fourth-order valence-electron chi connectivity index (χ4n) is 4.11. The number of nitrogens with zero attached hydrogens (tertiary/aromatic N) is 1. The molecule has 2 heterocycles. The highest BCUT2D eigenvalue weighted by Crippen LogP contribution is 2.35. The summed E-state index contributed by atoms with van der Waals surface area (Å²) < 4.78 is 18.3. The second-order valence-electron chi connectivity index (χ2n) is 7.75. The van der Waals surface area contributed by atoms with Gasteiger partial charge in [0.15, 0.2) is 11.5 Å². The van der Waals surface area contributed by atoms with Crippen molar-refractivity contribution in [1.29, 1.82) is 0 Å². The van der Waals surface area contributed by atoms with Gasteiger partial charge in [-0.1, -0.05) is 52.3 Å². The smallest absolute Gasteiger partial charge is 0.330 e. The number of halogens is 1. The molecule has 0 spiro atoms. The van der Waals surface area contributed by atoms with Crippen molar-refractivity contribution >= 4 is 38.7 Å². The minimum Gasteiger partial charge on any atom is -0.466 e. The Kier molecular flexibility index (Phi) is 5.94. The number of rotatable bonds is 5. The molecule has 0 saturated heterocycles. The van der Waals surface area contributed by atoms with Gasteiger partial charge in [0, 0.05) is 21.5 Å². The van der Waals surface area contributed by atoms with Gasteiger partial charge in [-0.15, -0.1) is 0 Å². The fraction of sp³-hybridized carbons (Fsp3) is 0.111. The minimum atomic E-state index is -0.504. The monoisotopic (exact) mass is 517 g/mol. The molecule has 34 heavy (non-hydrogen) atoms. The van der Waals surface area contributed by atoms with Crippen LogP contribution in [0.5, 0.6) is 11.5 Å². The highest BCUT2D eigenvalue weighted by atomic mass is 79.9. The van der Waals surface area contributed by atoms with Crippen LogP contribution in [0, 0.1) is 0 Å². The SMILES string of the molecule is COC(=O)/C=C/c1c(-c2ccccc2)c2cc(Br)ccc2c(=O)n1Cc1ccc2c(c1)OCO2. The Hall–Kier alpha value is -3.84. The summed E-state index contributed by atoms with van der Waals surface area (Å²) in [4.78, 5) is 25.7. The van der Waals surface area contributed by atoms with E-state index in [1.165, 1.54) is 13.2 Å². The van der Waals surface area contributed by atoms with Crippen LogP contribution in [-0.4, -0.2) is 24.4 Å². The Morgan fingerprint density at radius 3 is 2.62 bits per heavy atom. The summed E-state index contributed by atoms with van der Waals surface area (Å²) in [5.74, 6) is 0.816. The second kappa shape index (κ2) is 9.19. The molecule has 6 nitrogen and oxygen atoms in total. The van der Waals surface area contributed by atoms with Crippen LogP contribution < -0.4 is 15.0 Å². The van der Waals surface area contributed by atoms with E-state index in [1.807, 2.05) is 66.7 Å². The molecule has 0 amide bonds. The lowest BCUT2D eigenvalue weighted by molar-refractivity contribution is -0.134. The molecule has 0 N–H and O–H groups in total. The van der Waals surface area contributed by atoms with Crippen molar-refractivity contribution in [3.8, 4) is 22.6 Å². The van der Waals surface area contributed by atoms with Gasteiger partial charge in [0.25, 0.3) is 5.56 Å². The van der Waals surface area contributed by atoms with Gasteiger partial charge in [0.05, 0.1) is 19.3 Å². The molecule has 0 bridgehead atoms. The number of esters is 1. The minimum absolute atomic E-state index is 0.163. The molecule has 0 unspecified atom stereocenters. The van der Waals surface area contributed by atoms with Crippen LogP contribution in [0.15, 0.2) is 82.1 Å². The van der Waals surface area contributed by atoms with Crippen molar-refractivity contribution < 1.29 is 19.0 Å². The molecular formula is C27H20BrNO5. The van der Waals surface area contributed by atoms with E-state index in [2.05, 4.69) is 15.9 Å². The summed E-state index contributed by atoms with van der Waals surface area (Å²) in [5.41, 5.74) is 3.08. The summed E-state index contributed by atoms with van der Waals surface area (Å²) in [6, 6.07) is 21.0. The zero-order valence-corrected chi connectivity index (χ0v) is 19.9. The maximum Gasteiger partial charge on any atom is 0.330 e. The van der Waals surface area contributed by atoms with Crippen molar-refractivity contribution in [3.05, 3.63) is 98.9 Å². The lowest BCUT2D eigenvalue weighted by Gasteiger charge is -2.19. The predicted octanol–water partition coefficient (Wildman–Crippen LogP) is 5.39. The van der Waals surface area contributed by atoms with E-state index in [9.17, 15) is 9.59 Å². The maximum absolute atomic E-state index is 13.7. The largest absolute Gasteiger partial charge is 0.466 e. The number of fused-ring (bicyclic) bond motifs is 2. The number of carbonyl (C=O) groups excluding carboxylic acids is 1. The van der Waals surface area contributed by atoms with Crippen molar-refractivity contribution in [3.63, 3.8) is 0 Å². The highest BCUT2D eigenvalue weighted by Gasteiger charge is 2.19. The Bertz CT molecular complexity index is 1490. The van der Waals surface area contributed by atoms with Gasteiger partial charge in [0.2, 0.25) is 6.79 Å². The van der Waals surface area contributed by atoms with E-state index in [1.54, 1.807) is 10.6 Å². The lowest BCUT2D eigenvalue weighted by Crippen LogP contribution is -2.24. The number of ether oxygens (including phenoxy) is 3. The Labute approximate surface area is 204 Å². The number of methoxy groups -OCH3 is 1. The maximum atomic E-state index is 13.7. The van der Waals surface area contributed by atoms with Gasteiger partial charge in [-0.3, -0.25) is 4.79 Å². The van der Waals surface area contributed by atoms with E-state index in [4.69, 9.17) is 14.2 Å². The van der Waals surface area contributed by atoms with Gasteiger partial charge < -0.3 is 18.8 Å². The Balaban J connectivity index is 1.80. The number of benzene rings is 3. The van der Waals surface area contributed by atoms with Gasteiger partial charge >= 0.3 is 5.97 Å². The third-order valence-electron chi connectivity index (χ3n) is 5.69. The van der Waals surface area contributed by atoms with Crippen LogP contribution in [0.4, 0.5) is 0 Å². The van der Waals surface area contributed by atoms with Crippen molar-refractivity contribution in [2.45, 2.75) is 6.54 Å². The van der Waals surface area contributed by atoms with Crippen molar-refractivity contribution in [2.75, 3.05) is 13.9 Å². The quantitative estimate of drug-likeness (QED) is 0.262. The number of carbonyl (C=O) groups is 1. The molecule has 5 rings (SSSR count). The molecule has 0 aliphatic carbocycles. The van der Waals surface area contributed by atoms with Crippen LogP contribution in [0.3, 0.4) is 0 Å². The molecule has 1 aliphatic rings. The third-order valence-corrected chi connectivity index (χ3v) is 6.19. The highest BCUT2D eigenvalue weighted by molar-refractivity contribution is 9.10. The summed E-state index contributed by atoms with van der Waals surface area (Å²) in [6.45, 7) is 0.455. The average Bonchev–Trinajstić information content (AvgIpc) is 3.33. The average molecular weight is 518 g/mol. The number of hydrogen-bond acceptors (Lipinski definition) is 5. The molecule has 0 saturated carbocycles. The molecule has 0 atom stereocenters. The Morgan fingerprint density at radius 1 is 1.03 bits per heavy atom. The second-order valence-corrected chi connectivity index (χ2v) is 8.67. The lowest BCUT2D eigenvalue weighted by atomic mass is 9.96. The van der Waals surface area contributed by atoms with Gasteiger partial charge in [-0.2, -0.15) is 0 Å². The first-order chi connectivity index (χ1) is 16.5. The van der Waals surface area contributed by atoms with Crippen molar-refractivity contribution in [1.82, 2.24) is 4.57 Å². The summed E-state index contributed by atoms with van der Waals surface area (Å²) in [7, 11) is 1.32. The molecule has 1 aliphatic heterocycles. The summed E-state index contributed by atoms with van der Waals surface area (Å²) in [5, 5.41) is 1.37. The van der Waals surface area contributed by atoms with Crippen LogP contribution in [-0.2, 0) is 16.1 Å². The number of hydrogen-bond donors (Lipinski definition) is 0. The molecule has 0 radical (unpaired) electrons. The number of pyridine rings is 1. The summed E-state index contributed by atoms with van der Waals surface area (Å²) >= 11 is 3.54. The summed E-state index contributed by atoms with van der Waals surface area (Å²) in [6.07, 6.45) is 2.98. The van der Waals surface area contributed by atoms with Crippen LogP contribution in [0.1, 0.15) is 11.3 Å². The van der Waals surface area contributed by atoms with E-state index in [0.717, 1.165) is 26.5 Å². The first kappa shape index (κ1) is 22.0. The van der Waals surface area contributed by atoms with Gasteiger partial charge in [0.1, 0.15) is 0 Å². The molecule has 0 fully saturated rings. The standard InChI is InChI=1S/C27H20BrNO5/c1-32-25(30)12-10-22-26(18-5-3-2-4-6-18)21-14-19(28)8-9-20(21)27(31)29(22)15-17-7-11-23-24(13-17)34-16-33-23/h2-14H,15-16H2,1H3/b12-10+. The third kappa shape index (κ3) is 4.10.